The van der Waals surface area contributed by atoms with Crippen LogP contribution >= 0.6 is 0 Å². The van der Waals surface area contributed by atoms with E-state index in [2.05, 4.69) is 0 Å². The van der Waals surface area contributed by atoms with Crippen molar-refractivity contribution in [3.05, 3.63) is 12.2 Å². The highest BCUT2D eigenvalue weighted by Crippen LogP contribution is 2.34. The lowest BCUT2D eigenvalue weighted by molar-refractivity contribution is -0.146. The summed E-state index contributed by atoms with van der Waals surface area (Å²) in [5.74, 6) is -0.862. The molecule has 0 aromatic heterocycles. The van der Waals surface area contributed by atoms with E-state index in [9.17, 15) is 14.4 Å². The van der Waals surface area contributed by atoms with Crippen LogP contribution in [0, 0.1) is 11.8 Å². The summed E-state index contributed by atoms with van der Waals surface area (Å²) in [6, 6.07) is 0. The van der Waals surface area contributed by atoms with E-state index in [0.29, 0.717) is 12.8 Å². The number of allylic oxidation sites excluding steroid dienone is 2. The van der Waals surface area contributed by atoms with Crippen LogP contribution in [-0.4, -0.2) is 47.2 Å². The van der Waals surface area contributed by atoms with E-state index in [1.807, 2.05) is 17.1 Å². The van der Waals surface area contributed by atoms with Gasteiger partial charge >= 0.3 is 0 Å². The zero-order chi connectivity index (χ0) is 14.8. The van der Waals surface area contributed by atoms with Crippen molar-refractivity contribution in [1.82, 2.24) is 9.80 Å². The molecule has 0 radical (unpaired) electrons. The van der Waals surface area contributed by atoms with Crippen molar-refractivity contribution < 1.29 is 14.4 Å². The lowest BCUT2D eigenvalue weighted by Crippen LogP contribution is -2.43. The smallest absolute Gasteiger partial charge is 0.242 e. The summed E-state index contributed by atoms with van der Waals surface area (Å²) in [6.45, 7) is 1.44. The lowest BCUT2D eigenvalue weighted by atomic mass is 9.85. The third-order valence-corrected chi connectivity index (χ3v) is 4.85. The van der Waals surface area contributed by atoms with Gasteiger partial charge in [-0.25, -0.2) is 0 Å². The molecule has 1 aliphatic carbocycles. The normalized spacial score (nSPS) is 29.5. The van der Waals surface area contributed by atoms with Gasteiger partial charge in [0.2, 0.25) is 17.7 Å². The summed E-state index contributed by atoms with van der Waals surface area (Å²) in [4.78, 5) is 40.1. The minimum atomic E-state index is -0.237. The van der Waals surface area contributed by atoms with E-state index < -0.39 is 0 Å². The molecular weight excluding hydrogens is 268 g/mol. The molecule has 2 fully saturated rings. The van der Waals surface area contributed by atoms with Gasteiger partial charge in [0, 0.05) is 13.1 Å². The Morgan fingerprint density at radius 2 is 1.48 bits per heavy atom. The summed E-state index contributed by atoms with van der Waals surface area (Å²) >= 11 is 0. The Kier molecular flexibility index (Phi) is 4.08. The second-order valence-electron chi connectivity index (χ2n) is 6.21. The number of amides is 3. The molecule has 0 unspecified atom stereocenters. The molecule has 114 valence electrons. The molecule has 3 rings (SSSR count). The zero-order valence-corrected chi connectivity index (χ0v) is 12.3. The number of rotatable bonds is 2. The van der Waals surface area contributed by atoms with Gasteiger partial charge in [0.05, 0.1) is 11.8 Å². The van der Waals surface area contributed by atoms with E-state index in [1.165, 1.54) is 4.90 Å². The van der Waals surface area contributed by atoms with Crippen LogP contribution in [0.1, 0.15) is 38.5 Å². The Morgan fingerprint density at radius 1 is 0.952 bits per heavy atom. The Morgan fingerprint density at radius 3 is 2.00 bits per heavy atom. The standard InChI is InChI=1S/C16H22N2O3/c19-14(17-9-5-1-2-6-10-17)11-18-15(20)12-7-3-4-8-13(12)16(18)21/h3-4,12-13H,1-2,5-11H2/t12-,13-/m1/s1. The van der Waals surface area contributed by atoms with Gasteiger partial charge in [-0.05, 0) is 25.7 Å². The van der Waals surface area contributed by atoms with Crippen molar-refractivity contribution in [2.45, 2.75) is 38.5 Å². The number of fused-ring (bicyclic) bond motifs is 1. The Hall–Kier alpha value is -1.65. The average Bonchev–Trinajstić information content (AvgIpc) is 2.72. The van der Waals surface area contributed by atoms with Crippen LogP contribution in [0.2, 0.25) is 0 Å². The number of carbonyl (C=O) groups excluding carboxylic acids is 3. The highest BCUT2D eigenvalue weighted by molar-refractivity contribution is 6.07. The third-order valence-electron chi connectivity index (χ3n) is 4.85. The fraction of sp³-hybridized carbons (Fsp3) is 0.688. The van der Waals surface area contributed by atoms with Crippen molar-refractivity contribution in [3.63, 3.8) is 0 Å². The number of likely N-dealkylation sites (tertiary alicyclic amines) is 2. The van der Waals surface area contributed by atoms with Gasteiger partial charge in [0.1, 0.15) is 6.54 Å². The SMILES string of the molecule is O=C(CN1C(=O)[C@@H]2CC=CC[C@H]2C1=O)N1CCCCCC1. The van der Waals surface area contributed by atoms with Gasteiger partial charge in [0.15, 0.2) is 0 Å². The number of imide groups is 1. The molecule has 5 heteroatoms. The third kappa shape index (κ3) is 2.74. The molecule has 0 bridgehead atoms. The first-order valence-electron chi connectivity index (χ1n) is 7.96. The molecule has 0 saturated carbocycles. The van der Waals surface area contributed by atoms with Crippen LogP contribution in [-0.2, 0) is 14.4 Å². The fourth-order valence-corrected chi connectivity index (χ4v) is 3.58. The maximum atomic E-state index is 12.4. The molecule has 2 atom stereocenters. The van der Waals surface area contributed by atoms with Crippen molar-refractivity contribution in [2.75, 3.05) is 19.6 Å². The van der Waals surface area contributed by atoms with E-state index in [4.69, 9.17) is 0 Å². The van der Waals surface area contributed by atoms with Gasteiger partial charge in [0.25, 0.3) is 0 Å². The summed E-state index contributed by atoms with van der Waals surface area (Å²) in [5.41, 5.74) is 0. The van der Waals surface area contributed by atoms with Crippen LogP contribution in [0.4, 0.5) is 0 Å². The lowest BCUT2D eigenvalue weighted by Gasteiger charge is -2.23. The molecule has 2 saturated heterocycles. The van der Waals surface area contributed by atoms with E-state index in [0.717, 1.165) is 38.8 Å². The maximum absolute atomic E-state index is 12.4. The van der Waals surface area contributed by atoms with Crippen LogP contribution in [0.3, 0.4) is 0 Å². The van der Waals surface area contributed by atoms with Gasteiger partial charge < -0.3 is 4.90 Å². The molecule has 0 spiro atoms. The predicted octanol–water partition coefficient (Wildman–Crippen LogP) is 1.34. The number of hydrogen-bond donors (Lipinski definition) is 0. The first kappa shape index (κ1) is 14.3. The predicted molar refractivity (Wildman–Crippen MR) is 77.1 cm³/mol. The quantitative estimate of drug-likeness (QED) is 0.569. The topological polar surface area (TPSA) is 57.7 Å². The van der Waals surface area contributed by atoms with Crippen LogP contribution in [0.25, 0.3) is 0 Å². The fourth-order valence-electron chi connectivity index (χ4n) is 3.58. The highest BCUT2D eigenvalue weighted by atomic mass is 16.2. The van der Waals surface area contributed by atoms with Crippen LogP contribution in [0.15, 0.2) is 12.2 Å². The molecule has 21 heavy (non-hydrogen) atoms. The van der Waals surface area contributed by atoms with Gasteiger partial charge in [-0.2, -0.15) is 0 Å². The molecule has 5 nitrogen and oxygen atoms in total. The van der Waals surface area contributed by atoms with Crippen molar-refractivity contribution >= 4 is 17.7 Å². The Balaban J connectivity index is 1.65. The molecule has 0 N–H and O–H groups in total. The number of hydrogen-bond acceptors (Lipinski definition) is 3. The van der Waals surface area contributed by atoms with Gasteiger partial charge in [-0.15, -0.1) is 0 Å². The average molecular weight is 290 g/mol. The largest absolute Gasteiger partial charge is 0.341 e. The Bertz CT molecular complexity index is 452. The zero-order valence-electron chi connectivity index (χ0n) is 12.3. The van der Waals surface area contributed by atoms with Gasteiger partial charge in [-0.1, -0.05) is 25.0 Å². The first-order chi connectivity index (χ1) is 10.2. The second kappa shape index (κ2) is 6.00. The van der Waals surface area contributed by atoms with E-state index in [1.54, 1.807) is 0 Å². The molecule has 0 aromatic carbocycles. The molecule has 3 aliphatic rings. The molecular formula is C16H22N2O3. The van der Waals surface area contributed by atoms with Crippen LogP contribution in [0.5, 0.6) is 0 Å². The molecule has 2 heterocycles. The molecule has 0 aromatic rings. The summed E-state index contributed by atoms with van der Waals surface area (Å²) in [5, 5.41) is 0. The number of carbonyl (C=O) groups is 3. The van der Waals surface area contributed by atoms with E-state index >= 15 is 0 Å². The van der Waals surface area contributed by atoms with Crippen LogP contribution < -0.4 is 0 Å². The summed E-state index contributed by atoms with van der Waals surface area (Å²) in [7, 11) is 0. The summed E-state index contributed by atoms with van der Waals surface area (Å²) < 4.78 is 0. The van der Waals surface area contributed by atoms with Crippen molar-refractivity contribution in [2.24, 2.45) is 11.8 Å². The van der Waals surface area contributed by atoms with Crippen molar-refractivity contribution in [3.8, 4) is 0 Å². The van der Waals surface area contributed by atoms with Gasteiger partial charge in [-0.3, -0.25) is 19.3 Å². The monoisotopic (exact) mass is 290 g/mol. The molecule has 2 aliphatic heterocycles. The van der Waals surface area contributed by atoms with E-state index in [-0.39, 0.29) is 36.1 Å². The van der Waals surface area contributed by atoms with Crippen molar-refractivity contribution in [1.29, 1.82) is 0 Å². The first-order valence-corrected chi connectivity index (χ1v) is 7.96. The highest BCUT2D eigenvalue weighted by Gasteiger charge is 2.47. The Labute approximate surface area is 125 Å². The maximum Gasteiger partial charge on any atom is 0.242 e. The molecule has 3 amide bonds. The second-order valence-corrected chi connectivity index (χ2v) is 6.21. The minimum Gasteiger partial charge on any atom is -0.341 e. The minimum absolute atomic E-state index is 0.0648. The summed E-state index contributed by atoms with van der Waals surface area (Å²) in [6.07, 6.45) is 9.53. The number of nitrogens with zero attached hydrogens (tertiary/aromatic N) is 2.